The Bertz CT molecular complexity index is 744. The van der Waals surface area contributed by atoms with Crippen molar-refractivity contribution < 1.29 is 24.2 Å². The molecule has 0 bridgehead atoms. The average molecular weight is 356 g/mol. The van der Waals surface area contributed by atoms with Gasteiger partial charge >= 0.3 is 5.97 Å². The highest BCUT2D eigenvalue weighted by atomic mass is 16.5. The molecule has 0 saturated heterocycles. The van der Waals surface area contributed by atoms with E-state index in [0.717, 1.165) is 5.75 Å². The van der Waals surface area contributed by atoms with Crippen LogP contribution in [-0.2, 0) is 9.59 Å². The minimum atomic E-state index is -1.11. The zero-order valence-corrected chi connectivity index (χ0v) is 14.1. The Kier molecular flexibility index (Phi) is 7.17. The van der Waals surface area contributed by atoms with Crippen LogP contribution < -0.4 is 15.4 Å². The molecule has 2 amide bonds. The molecule has 3 N–H and O–H groups in total. The molecule has 0 aliphatic carbocycles. The Morgan fingerprint density at radius 1 is 0.962 bits per heavy atom. The molecule has 0 aromatic heterocycles. The van der Waals surface area contributed by atoms with Crippen LogP contribution in [-0.4, -0.2) is 36.0 Å². The molecule has 26 heavy (non-hydrogen) atoms. The molecule has 0 unspecified atom stereocenters. The van der Waals surface area contributed by atoms with Gasteiger partial charge in [0.2, 0.25) is 5.91 Å². The summed E-state index contributed by atoms with van der Waals surface area (Å²) < 4.78 is 5.52. The number of ether oxygens (including phenoxy) is 1. The zero-order chi connectivity index (χ0) is 18.8. The van der Waals surface area contributed by atoms with Crippen LogP contribution in [0.15, 0.2) is 54.6 Å². The van der Waals surface area contributed by atoms with Gasteiger partial charge in [-0.15, -0.1) is 0 Å². The normalized spacial score (nSPS) is 10.0. The summed E-state index contributed by atoms with van der Waals surface area (Å²) in [6.07, 6.45) is 0.893. The number of carbonyl (C=O) groups excluding carboxylic acids is 2. The van der Waals surface area contributed by atoms with Crippen LogP contribution in [0.4, 0.5) is 5.69 Å². The highest BCUT2D eigenvalue weighted by Crippen LogP contribution is 2.11. The summed E-state index contributed by atoms with van der Waals surface area (Å²) in [5, 5.41) is 13.5. The van der Waals surface area contributed by atoms with Gasteiger partial charge in [0.05, 0.1) is 6.61 Å². The van der Waals surface area contributed by atoms with Crippen LogP contribution in [0.5, 0.6) is 5.75 Å². The van der Waals surface area contributed by atoms with E-state index in [-0.39, 0.29) is 5.91 Å². The van der Waals surface area contributed by atoms with Crippen molar-refractivity contribution in [2.24, 2.45) is 0 Å². The lowest BCUT2D eigenvalue weighted by Gasteiger charge is -2.08. The second-order valence-electron chi connectivity index (χ2n) is 5.47. The van der Waals surface area contributed by atoms with Gasteiger partial charge in [-0.3, -0.25) is 14.4 Å². The number of carbonyl (C=O) groups is 3. The van der Waals surface area contributed by atoms with Crippen molar-refractivity contribution in [2.75, 3.05) is 18.5 Å². The van der Waals surface area contributed by atoms with Crippen molar-refractivity contribution >= 4 is 23.5 Å². The van der Waals surface area contributed by atoms with E-state index in [9.17, 15) is 14.4 Å². The largest absolute Gasteiger partial charge is 0.494 e. The standard InChI is InChI=1S/C19H20N2O5/c22-17(7-4-12-26-16-5-2-1-3-6-16)21-15-10-8-14(9-11-15)19(25)20-13-18(23)24/h1-3,5-6,8-11H,4,7,12-13H2,(H,20,25)(H,21,22)(H,23,24). The lowest BCUT2D eigenvalue weighted by molar-refractivity contribution is -0.135. The second-order valence-corrected chi connectivity index (χ2v) is 5.47. The van der Waals surface area contributed by atoms with Crippen molar-refractivity contribution in [1.29, 1.82) is 0 Å². The number of hydrogen-bond donors (Lipinski definition) is 3. The number of para-hydroxylation sites is 1. The van der Waals surface area contributed by atoms with Crippen LogP contribution in [0.1, 0.15) is 23.2 Å². The van der Waals surface area contributed by atoms with Crippen molar-refractivity contribution in [3.8, 4) is 5.75 Å². The SMILES string of the molecule is O=C(O)CNC(=O)c1ccc(NC(=O)CCCOc2ccccc2)cc1. The Balaban J connectivity index is 1.71. The third kappa shape index (κ3) is 6.64. The maximum absolute atomic E-state index is 11.9. The summed E-state index contributed by atoms with van der Waals surface area (Å²) in [6.45, 7) is 0.00247. The predicted molar refractivity (Wildman–Crippen MR) is 96.2 cm³/mol. The molecular weight excluding hydrogens is 336 g/mol. The molecule has 0 aliphatic heterocycles. The lowest BCUT2D eigenvalue weighted by Crippen LogP contribution is -2.29. The third-order valence-electron chi connectivity index (χ3n) is 3.39. The predicted octanol–water partition coefficient (Wildman–Crippen LogP) is 2.30. The first kappa shape index (κ1) is 19.0. The van der Waals surface area contributed by atoms with E-state index in [1.54, 1.807) is 12.1 Å². The van der Waals surface area contributed by atoms with Crippen LogP contribution in [0.25, 0.3) is 0 Å². The summed E-state index contributed by atoms with van der Waals surface area (Å²) in [4.78, 5) is 34.0. The smallest absolute Gasteiger partial charge is 0.322 e. The maximum atomic E-state index is 11.9. The highest BCUT2D eigenvalue weighted by Gasteiger charge is 2.08. The molecule has 0 fully saturated rings. The monoisotopic (exact) mass is 356 g/mol. The van der Waals surface area contributed by atoms with Crippen molar-refractivity contribution in [2.45, 2.75) is 12.8 Å². The van der Waals surface area contributed by atoms with Crippen molar-refractivity contribution in [3.05, 3.63) is 60.2 Å². The molecule has 0 heterocycles. The highest BCUT2D eigenvalue weighted by molar-refractivity contribution is 5.97. The fraction of sp³-hybridized carbons (Fsp3) is 0.211. The van der Waals surface area contributed by atoms with E-state index in [4.69, 9.17) is 9.84 Å². The number of benzene rings is 2. The number of hydrogen-bond acceptors (Lipinski definition) is 4. The summed E-state index contributed by atoms with van der Waals surface area (Å²) >= 11 is 0. The van der Waals surface area contributed by atoms with E-state index < -0.39 is 18.4 Å². The quantitative estimate of drug-likeness (QED) is 0.598. The lowest BCUT2D eigenvalue weighted by atomic mass is 10.2. The molecule has 0 radical (unpaired) electrons. The number of nitrogens with one attached hydrogen (secondary N) is 2. The van der Waals surface area contributed by atoms with Crippen LogP contribution in [0, 0.1) is 0 Å². The van der Waals surface area contributed by atoms with Crippen molar-refractivity contribution in [1.82, 2.24) is 5.32 Å². The van der Waals surface area contributed by atoms with E-state index in [0.29, 0.717) is 30.7 Å². The van der Waals surface area contributed by atoms with Gasteiger partial charge in [0.25, 0.3) is 5.91 Å². The molecular formula is C19H20N2O5. The first-order valence-electron chi connectivity index (χ1n) is 8.12. The number of carboxylic acids is 1. The number of carboxylic acid groups (broad SMARTS) is 1. The number of anilines is 1. The summed E-state index contributed by atoms with van der Waals surface area (Å²) in [5.74, 6) is -0.976. The number of rotatable bonds is 9. The summed E-state index contributed by atoms with van der Waals surface area (Å²) in [5.41, 5.74) is 0.884. The second kappa shape index (κ2) is 9.83. The molecule has 2 aromatic rings. The molecule has 7 nitrogen and oxygen atoms in total. The van der Waals surface area contributed by atoms with Gasteiger partial charge < -0.3 is 20.5 Å². The van der Waals surface area contributed by atoms with Gasteiger partial charge in [-0.25, -0.2) is 0 Å². The molecule has 0 saturated carbocycles. The Morgan fingerprint density at radius 3 is 2.31 bits per heavy atom. The summed E-state index contributed by atoms with van der Waals surface area (Å²) in [7, 11) is 0. The molecule has 0 aliphatic rings. The number of aliphatic carboxylic acids is 1. The fourth-order valence-corrected chi connectivity index (χ4v) is 2.13. The molecule has 7 heteroatoms. The maximum Gasteiger partial charge on any atom is 0.322 e. The fourth-order valence-electron chi connectivity index (χ4n) is 2.13. The van der Waals surface area contributed by atoms with E-state index in [2.05, 4.69) is 10.6 Å². The molecule has 0 spiro atoms. The zero-order valence-electron chi connectivity index (χ0n) is 14.1. The van der Waals surface area contributed by atoms with E-state index >= 15 is 0 Å². The van der Waals surface area contributed by atoms with Crippen LogP contribution in [0.3, 0.4) is 0 Å². The first-order valence-corrected chi connectivity index (χ1v) is 8.12. The third-order valence-corrected chi connectivity index (χ3v) is 3.39. The topological polar surface area (TPSA) is 105 Å². The Labute approximate surface area is 151 Å². The van der Waals surface area contributed by atoms with E-state index in [1.807, 2.05) is 30.3 Å². The molecule has 2 aromatic carbocycles. The van der Waals surface area contributed by atoms with Gasteiger partial charge in [0.1, 0.15) is 12.3 Å². The van der Waals surface area contributed by atoms with Gasteiger partial charge in [-0.1, -0.05) is 18.2 Å². The Hall–Kier alpha value is -3.35. The number of amides is 2. The van der Waals surface area contributed by atoms with Crippen molar-refractivity contribution in [3.63, 3.8) is 0 Å². The molecule has 2 rings (SSSR count). The van der Waals surface area contributed by atoms with Crippen LogP contribution >= 0.6 is 0 Å². The summed E-state index contributed by atoms with van der Waals surface area (Å²) in [6, 6.07) is 15.6. The first-order chi connectivity index (χ1) is 12.5. The molecule has 0 atom stereocenters. The van der Waals surface area contributed by atoms with Gasteiger partial charge in [-0.2, -0.15) is 0 Å². The van der Waals surface area contributed by atoms with E-state index in [1.165, 1.54) is 12.1 Å². The van der Waals surface area contributed by atoms with Crippen LogP contribution in [0.2, 0.25) is 0 Å². The minimum absolute atomic E-state index is 0.148. The Morgan fingerprint density at radius 2 is 1.65 bits per heavy atom. The van der Waals surface area contributed by atoms with Gasteiger partial charge in [0.15, 0.2) is 0 Å². The average Bonchev–Trinajstić information content (AvgIpc) is 2.65. The van der Waals surface area contributed by atoms with Gasteiger partial charge in [-0.05, 0) is 42.8 Å². The minimum Gasteiger partial charge on any atom is -0.494 e. The molecule has 136 valence electrons. The van der Waals surface area contributed by atoms with Gasteiger partial charge in [0, 0.05) is 17.7 Å².